The number of amides is 1. The Morgan fingerprint density at radius 1 is 1.11 bits per heavy atom. The van der Waals surface area contributed by atoms with E-state index in [9.17, 15) is 14.4 Å². The van der Waals surface area contributed by atoms with E-state index in [1.807, 2.05) is 30.3 Å². The number of methoxy groups -OCH3 is 1. The fourth-order valence-corrected chi connectivity index (χ4v) is 2.96. The Labute approximate surface area is 160 Å². The van der Waals surface area contributed by atoms with Crippen LogP contribution in [0.2, 0.25) is 5.02 Å². The van der Waals surface area contributed by atoms with E-state index < -0.39 is 17.3 Å². The zero-order chi connectivity index (χ0) is 19.4. The maximum Gasteiger partial charge on any atom is 0.325 e. The van der Waals surface area contributed by atoms with Gasteiger partial charge in [-0.3, -0.25) is 14.4 Å². The summed E-state index contributed by atoms with van der Waals surface area (Å²) in [5, 5.41) is 3.41. The highest BCUT2D eigenvalue weighted by molar-refractivity contribution is 6.31. The second-order valence-corrected chi connectivity index (χ2v) is 6.27. The number of rotatable bonds is 5. The number of carbonyl (C=O) groups excluding carboxylic acids is 2. The van der Waals surface area contributed by atoms with E-state index in [1.165, 1.54) is 13.3 Å². The number of aromatic nitrogens is 1. The lowest BCUT2D eigenvalue weighted by Gasteiger charge is -2.14. The van der Waals surface area contributed by atoms with Gasteiger partial charge in [0, 0.05) is 23.2 Å². The molecule has 0 radical (unpaired) electrons. The van der Waals surface area contributed by atoms with Crippen molar-refractivity contribution in [2.75, 3.05) is 13.7 Å². The number of hydrogen-bond donors (Lipinski definition) is 1. The molecule has 1 amide bonds. The van der Waals surface area contributed by atoms with Crippen LogP contribution in [0.25, 0.3) is 10.9 Å². The highest BCUT2D eigenvalue weighted by Gasteiger charge is 2.16. The predicted octanol–water partition coefficient (Wildman–Crippen LogP) is 2.61. The molecule has 3 aromatic rings. The van der Waals surface area contributed by atoms with Crippen molar-refractivity contribution in [1.82, 2.24) is 9.88 Å². The highest BCUT2D eigenvalue weighted by Crippen LogP contribution is 2.19. The molecular formula is C20H17ClN2O4. The topological polar surface area (TPSA) is 77.4 Å². The van der Waals surface area contributed by atoms with Gasteiger partial charge in [-0.05, 0) is 23.8 Å². The Morgan fingerprint density at radius 3 is 2.56 bits per heavy atom. The monoisotopic (exact) mass is 384 g/mol. The van der Waals surface area contributed by atoms with Crippen molar-refractivity contribution in [3.63, 3.8) is 0 Å². The summed E-state index contributed by atoms with van der Waals surface area (Å²) in [4.78, 5) is 36.4. The van der Waals surface area contributed by atoms with Crippen molar-refractivity contribution < 1.29 is 14.3 Å². The molecule has 27 heavy (non-hydrogen) atoms. The molecule has 138 valence electrons. The first-order chi connectivity index (χ1) is 13.0. The summed E-state index contributed by atoms with van der Waals surface area (Å²) in [5.41, 5.74) is 1.09. The Hall–Kier alpha value is -3.12. The molecule has 0 aliphatic heterocycles. The number of fused-ring (bicyclic) bond motifs is 1. The largest absolute Gasteiger partial charge is 0.468 e. The standard InChI is InChI=1S/C20H17ClN2O4/c1-27-18(24)10-22-20(26)15-12-23(11-13-6-2-4-8-16(13)21)17-9-5-3-7-14(17)19(15)25/h2-9,12H,10-11H2,1H3,(H,22,26). The van der Waals surface area contributed by atoms with E-state index in [1.54, 1.807) is 22.8 Å². The molecule has 0 bridgehead atoms. The van der Waals surface area contributed by atoms with Crippen LogP contribution in [0.15, 0.2) is 59.5 Å². The molecule has 1 aromatic heterocycles. The van der Waals surface area contributed by atoms with Gasteiger partial charge in [-0.1, -0.05) is 41.9 Å². The van der Waals surface area contributed by atoms with Crippen LogP contribution in [0.4, 0.5) is 0 Å². The molecule has 3 rings (SSSR count). The van der Waals surface area contributed by atoms with Crippen LogP contribution in [-0.4, -0.2) is 30.1 Å². The third-order valence-corrected chi connectivity index (χ3v) is 4.52. The lowest BCUT2D eigenvalue weighted by Crippen LogP contribution is -2.34. The number of esters is 1. The number of halogens is 1. The second kappa shape index (κ2) is 8.05. The van der Waals surface area contributed by atoms with Crippen LogP contribution in [0.5, 0.6) is 0 Å². The summed E-state index contributed by atoms with van der Waals surface area (Å²) < 4.78 is 6.30. The Morgan fingerprint density at radius 2 is 1.81 bits per heavy atom. The van der Waals surface area contributed by atoms with Crippen molar-refractivity contribution in [1.29, 1.82) is 0 Å². The Bertz CT molecular complexity index is 1080. The summed E-state index contributed by atoms with van der Waals surface area (Å²) in [5.74, 6) is -1.23. The molecule has 2 aromatic carbocycles. The normalized spacial score (nSPS) is 10.6. The van der Waals surface area contributed by atoms with Crippen LogP contribution in [0.3, 0.4) is 0 Å². The number of para-hydroxylation sites is 1. The van der Waals surface area contributed by atoms with E-state index >= 15 is 0 Å². The smallest absolute Gasteiger partial charge is 0.325 e. The minimum absolute atomic E-state index is 0.0512. The average Bonchev–Trinajstić information content (AvgIpc) is 2.69. The second-order valence-electron chi connectivity index (χ2n) is 5.87. The van der Waals surface area contributed by atoms with Gasteiger partial charge in [-0.25, -0.2) is 0 Å². The van der Waals surface area contributed by atoms with E-state index in [4.69, 9.17) is 11.6 Å². The van der Waals surface area contributed by atoms with Gasteiger partial charge in [0.15, 0.2) is 0 Å². The van der Waals surface area contributed by atoms with Gasteiger partial charge in [0.25, 0.3) is 5.91 Å². The third kappa shape index (κ3) is 4.01. The van der Waals surface area contributed by atoms with Gasteiger partial charge in [0.1, 0.15) is 12.1 Å². The van der Waals surface area contributed by atoms with Crippen molar-refractivity contribution in [2.45, 2.75) is 6.54 Å². The molecular weight excluding hydrogens is 368 g/mol. The molecule has 0 aliphatic rings. The van der Waals surface area contributed by atoms with Gasteiger partial charge in [-0.15, -0.1) is 0 Å². The number of benzene rings is 2. The average molecular weight is 385 g/mol. The number of pyridine rings is 1. The molecule has 0 saturated heterocycles. The van der Waals surface area contributed by atoms with E-state index in [-0.39, 0.29) is 12.1 Å². The molecule has 0 unspecified atom stereocenters. The number of ether oxygens (including phenoxy) is 1. The molecule has 1 heterocycles. The lowest BCUT2D eigenvalue weighted by atomic mass is 10.1. The maximum atomic E-state index is 12.7. The van der Waals surface area contributed by atoms with Gasteiger partial charge in [0.2, 0.25) is 5.43 Å². The molecule has 0 atom stereocenters. The van der Waals surface area contributed by atoms with Gasteiger partial charge < -0.3 is 14.6 Å². The van der Waals surface area contributed by atoms with Crippen LogP contribution < -0.4 is 10.7 Å². The first-order valence-electron chi connectivity index (χ1n) is 8.22. The van der Waals surface area contributed by atoms with Crippen molar-refractivity contribution in [2.24, 2.45) is 0 Å². The fourth-order valence-electron chi connectivity index (χ4n) is 2.77. The first kappa shape index (κ1) is 18.7. The van der Waals surface area contributed by atoms with Crippen molar-refractivity contribution in [3.05, 3.63) is 81.1 Å². The summed E-state index contributed by atoms with van der Waals surface area (Å²) in [6, 6.07) is 14.4. The number of carbonyl (C=O) groups is 2. The lowest BCUT2D eigenvalue weighted by molar-refractivity contribution is -0.139. The Kier molecular flexibility index (Phi) is 5.57. The maximum absolute atomic E-state index is 12.7. The van der Waals surface area contributed by atoms with Crippen molar-refractivity contribution >= 4 is 34.4 Å². The van der Waals surface area contributed by atoms with Gasteiger partial charge in [-0.2, -0.15) is 0 Å². The molecule has 1 N–H and O–H groups in total. The van der Waals surface area contributed by atoms with Crippen LogP contribution in [0, 0.1) is 0 Å². The first-order valence-corrected chi connectivity index (χ1v) is 8.59. The van der Waals surface area contributed by atoms with Crippen molar-refractivity contribution in [3.8, 4) is 0 Å². The molecule has 0 saturated carbocycles. The minimum atomic E-state index is -0.635. The van der Waals surface area contributed by atoms with Crippen LogP contribution >= 0.6 is 11.6 Å². The number of hydrogen-bond acceptors (Lipinski definition) is 4. The number of nitrogens with zero attached hydrogens (tertiary/aromatic N) is 1. The summed E-state index contributed by atoms with van der Waals surface area (Å²) in [6.07, 6.45) is 1.49. The zero-order valence-corrected chi connectivity index (χ0v) is 15.3. The summed E-state index contributed by atoms with van der Waals surface area (Å²) in [6.45, 7) is 0.0733. The van der Waals surface area contributed by atoms with E-state index in [0.717, 1.165) is 5.56 Å². The highest BCUT2D eigenvalue weighted by atomic mass is 35.5. The quantitative estimate of drug-likeness (QED) is 0.686. The van der Waals surface area contributed by atoms with E-state index in [2.05, 4.69) is 10.1 Å². The molecule has 0 aliphatic carbocycles. The van der Waals surface area contributed by atoms with E-state index in [0.29, 0.717) is 22.5 Å². The summed E-state index contributed by atoms with van der Waals surface area (Å²) >= 11 is 6.25. The minimum Gasteiger partial charge on any atom is -0.468 e. The molecule has 7 heteroatoms. The molecule has 0 spiro atoms. The summed E-state index contributed by atoms with van der Waals surface area (Å²) in [7, 11) is 1.22. The van der Waals surface area contributed by atoms with Crippen LogP contribution in [-0.2, 0) is 16.1 Å². The van der Waals surface area contributed by atoms with Crippen LogP contribution in [0.1, 0.15) is 15.9 Å². The SMILES string of the molecule is COC(=O)CNC(=O)c1cn(Cc2ccccc2Cl)c2ccccc2c1=O. The fraction of sp³-hybridized carbons (Fsp3) is 0.150. The molecule has 6 nitrogen and oxygen atoms in total. The Balaban J connectivity index is 2.06. The zero-order valence-electron chi connectivity index (χ0n) is 14.6. The van der Waals surface area contributed by atoms with Gasteiger partial charge in [0.05, 0.1) is 12.6 Å². The number of nitrogens with one attached hydrogen (secondary N) is 1. The predicted molar refractivity (Wildman–Crippen MR) is 103 cm³/mol. The molecule has 0 fully saturated rings. The third-order valence-electron chi connectivity index (χ3n) is 4.15. The van der Waals surface area contributed by atoms with Gasteiger partial charge >= 0.3 is 5.97 Å².